The van der Waals surface area contributed by atoms with Crippen molar-refractivity contribution >= 4 is 5.78 Å². The van der Waals surface area contributed by atoms with Gasteiger partial charge in [-0.25, -0.2) is 0 Å². The summed E-state index contributed by atoms with van der Waals surface area (Å²) in [6, 6.07) is 11.2. The van der Waals surface area contributed by atoms with Gasteiger partial charge < -0.3 is 0 Å². The smallest absolute Gasteiger partial charge is 0.153 e. The normalized spacial score (nSPS) is 40.3. The Balaban J connectivity index is 1.43. The van der Waals surface area contributed by atoms with Crippen LogP contribution in [-0.4, -0.2) is 30.3 Å². The average Bonchev–Trinajstić information content (AvgIpc) is 2.62. The molecular weight excluding hydrogens is 306 g/mol. The fourth-order valence-corrected chi connectivity index (χ4v) is 7.21. The summed E-state index contributed by atoms with van der Waals surface area (Å²) < 4.78 is 0. The first-order chi connectivity index (χ1) is 12.2. The lowest BCUT2D eigenvalue weighted by Crippen LogP contribution is -2.58. The third-order valence-corrected chi connectivity index (χ3v) is 7.85. The molecule has 4 aliphatic carbocycles. The Labute approximate surface area is 152 Å². The van der Waals surface area contributed by atoms with Crippen molar-refractivity contribution in [3.8, 4) is 0 Å². The maximum absolute atomic E-state index is 13.5. The molecule has 4 saturated carbocycles. The van der Waals surface area contributed by atoms with Crippen LogP contribution >= 0.6 is 0 Å². The Morgan fingerprint density at radius 2 is 1.64 bits per heavy atom. The maximum Gasteiger partial charge on any atom is 0.153 e. The molecule has 25 heavy (non-hydrogen) atoms. The molecule has 1 heterocycles. The van der Waals surface area contributed by atoms with Gasteiger partial charge in [0.2, 0.25) is 0 Å². The lowest BCUT2D eigenvalue weighted by Gasteiger charge is -2.62. The van der Waals surface area contributed by atoms with Crippen LogP contribution in [0.5, 0.6) is 0 Å². The minimum atomic E-state index is -0.00261. The molecule has 2 heteroatoms. The second-order valence-electron chi connectivity index (χ2n) is 9.65. The largest absolute Gasteiger partial charge is 0.298 e. The van der Waals surface area contributed by atoms with Gasteiger partial charge in [0, 0.05) is 5.41 Å². The van der Waals surface area contributed by atoms with E-state index in [4.69, 9.17) is 0 Å². The highest BCUT2D eigenvalue weighted by Gasteiger charge is 2.60. The highest BCUT2D eigenvalue weighted by molar-refractivity contribution is 5.87. The molecule has 2 atom stereocenters. The second-order valence-corrected chi connectivity index (χ2v) is 9.65. The SMILES string of the molecule is O=C(CN1CCCCC1)C12C[C@H]3C[C@H](C1)CC(c1ccccc1)(C3)C2. The molecule has 0 aromatic heterocycles. The molecule has 0 amide bonds. The van der Waals surface area contributed by atoms with Crippen molar-refractivity contribution in [1.29, 1.82) is 0 Å². The Bertz CT molecular complexity index is 631. The number of Topliss-reactive ketones (excluding diaryl/α,β-unsaturated/α-hetero) is 1. The summed E-state index contributed by atoms with van der Waals surface area (Å²) >= 11 is 0. The third-order valence-electron chi connectivity index (χ3n) is 7.85. The van der Waals surface area contributed by atoms with Crippen LogP contribution in [0.3, 0.4) is 0 Å². The van der Waals surface area contributed by atoms with E-state index in [2.05, 4.69) is 35.2 Å². The molecule has 1 aliphatic heterocycles. The minimum Gasteiger partial charge on any atom is -0.298 e. The van der Waals surface area contributed by atoms with Crippen LogP contribution in [0.4, 0.5) is 0 Å². The molecule has 134 valence electrons. The second kappa shape index (κ2) is 5.94. The molecule has 1 aromatic carbocycles. The van der Waals surface area contributed by atoms with Crippen LogP contribution in [0, 0.1) is 17.3 Å². The van der Waals surface area contributed by atoms with Crippen molar-refractivity contribution < 1.29 is 4.79 Å². The summed E-state index contributed by atoms with van der Waals surface area (Å²) in [5, 5.41) is 0. The van der Waals surface area contributed by atoms with Crippen LogP contribution in [0.25, 0.3) is 0 Å². The van der Waals surface area contributed by atoms with Crippen LogP contribution < -0.4 is 0 Å². The quantitative estimate of drug-likeness (QED) is 0.801. The fraction of sp³-hybridized carbons (Fsp3) is 0.696. The Kier molecular flexibility index (Phi) is 3.82. The Morgan fingerprint density at radius 1 is 0.960 bits per heavy atom. The van der Waals surface area contributed by atoms with Crippen molar-refractivity contribution in [3.05, 3.63) is 35.9 Å². The van der Waals surface area contributed by atoms with Gasteiger partial charge >= 0.3 is 0 Å². The van der Waals surface area contributed by atoms with Gasteiger partial charge in [0.05, 0.1) is 6.54 Å². The summed E-state index contributed by atoms with van der Waals surface area (Å²) in [7, 11) is 0. The Hall–Kier alpha value is -1.15. The highest BCUT2D eigenvalue weighted by Crippen LogP contribution is 2.66. The molecule has 0 unspecified atom stereocenters. The van der Waals surface area contributed by atoms with Crippen molar-refractivity contribution in [1.82, 2.24) is 4.90 Å². The van der Waals surface area contributed by atoms with Gasteiger partial charge in [0.15, 0.2) is 5.78 Å². The van der Waals surface area contributed by atoms with Crippen LogP contribution in [0.1, 0.15) is 63.4 Å². The standard InChI is InChI=1S/C23H31NO/c25-21(16-24-9-5-2-6-10-24)23-14-18-11-19(15-23)13-22(12-18,17-23)20-7-3-1-4-8-20/h1,3-4,7-8,18-19H,2,5-6,9-17H2/t18-,19-,22?,23?/m0/s1. The number of piperidine rings is 1. The number of hydrogen-bond donors (Lipinski definition) is 0. The van der Waals surface area contributed by atoms with Crippen LogP contribution in [0.2, 0.25) is 0 Å². The van der Waals surface area contributed by atoms with Gasteiger partial charge in [-0.15, -0.1) is 0 Å². The first-order valence-electron chi connectivity index (χ1n) is 10.5. The number of likely N-dealkylation sites (tertiary alicyclic amines) is 1. The predicted molar refractivity (Wildman–Crippen MR) is 101 cm³/mol. The topological polar surface area (TPSA) is 20.3 Å². The summed E-state index contributed by atoms with van der Waals surface area (Å²) in [5.74, 6) is 2.15. The van der Waals surface area contributed by atoms with E-state index in [1.807, 2.05) is 0 Å². The number of nitrogens with zero attached hydrogens (tertiary/aromatic N) is 1. The van der Waals surface area contributed by atoms with E-state index in [0.717, 1.165) is 37.9 Å². The number of carbonyl (C=O) groups is 1. The number of carbonyl (C=O) groups excluding carboxylic acids is 1. The van der Waals surface area contributed by atoms with Crippen molar-refractivity contribution in [2.45, 2.75) is 63.2 Å². The predicted octanol–water partition coefficient (Wildman–Crippen LogP) is 4.58. The molecule has 1 aromatic rings. The third kappa shape index (κ3) is 2.68. The number of hydrogen-bond acceptors (Lipinski definition) is 2. The van der Waals surface area contributed by atoms with Gasteiger partial charge in [-0.1, -0.05) is 36.8 Å². The van der Waals surface area contributed by atoms with E-state index in [-0.39, 0.29) is 5.41 Å². The van der Waals surface area contributed by atoms with Crippen LogP contribution in [0.15, 0.2) is 30.3 Å². The number of ketones is 1. The van der Waals surface area contributed by atoms with E-state index in [0.29, 0.717) is 11.2 Å². The molecule has 2 nitrogen and oxygen atoms in total. The van der Waals surface area contributed by atoms with Gasteiger partial charge in [-0.2, -0.15) is 0 Å². The van der Waals surface area contributed by atoms with E-state index < -0.39 is 0 Å². The summed E-state index contributed by atoms with van der Waals surface area (Å²) in [4.78, 5) is 15.9. The minimum absolute atomic E-state index is 0.00261. The zero-order valence-electron chi connectivity index (χ0n) is 15.4. The molecule has 5 aliphatic rings. The molecular formula is C23H31NO. The zero-order valence-corrected chi connectivity index (χ0v) is 15.4. The lowest BCUT2D eigenvalue weighted by atomic mass is 9.42. The van der Waals surface area contributed by atoms with E-state index in [9.17, 15) is 4.79 Å². The van der Waals surface area contributed by atoms with Gasteiger partial charge in [0.25, 0.3) is 0 Å². The molecule has 6 rings (SSSR count). The summed E-state index contributed by atoms with van der Waals surface area (Å²) in [6.07, 6.45) is 11.4. The maximum atomic E-state index is 13.5. The van der Waals surface area contributed by atoms with Gasteiger partial charge in [-0.05, 0) is 87.3 Å². The number of benzene rings is 1. The van der Waals surface area contributed by atoms with E-state index >= 15 is 0 Å². The molecule has 0 N–H and O–H groups in total. The molecule has 0 spiro atoms. The van der Waals surface area contributed by atoms with Gasteiger partial charge in [-0.3, -0.25) is 9.69 Å². The van der Waals surface area contributed by atoms with Gasteiger partial charge in [0.1, 0.15) is 0 Å². The van der Waals surface area contributed by atoms with Crippen molar-refractivity contribution in [3.63, 3.8) is 0 Å². The van der Waals surface area contributed by atoms with E-state index in [1.165, 1.54) is 56.9 Å². The summed E-state index contributed by atoms with van der Waals surface area (Å²) in [5.41, 5.74) is 1.81. The molecule has 5 fully saturated rings. The monoisotopic (exact) mass is 337 g/mol. The Morgan fingerprint density at radius 3 is 2.32 bits per heavy atom. The first-order valence-corrected chi connectivity index (χ1v) is 10.5. The highest BCUT2D eigenvalue weighted by atomic mass is 16.1. The van der Waals surface area contributed by atoms with Crippen molar-refractivity contribution in [2.75, 3.05) is 19.6 Å². The van der Waals surface area contributed by atoms with E-state index in [1.54, 1.807) is 0 Å². The average molecular weight is 338 g/mol. The zero-order chi connectivity index (χ0) is 16.9. The number of rotatable bonds is 4. The molecule has 4 bridgehead atoms. The summed E-state index contributed by atoms with van der Waals surface area (Å²) in [6.45, 7) is 3.00. The molecule has 1 saturated heterocycles. The lowest BCUT2D eigenvalue weighted by molar-refractivity contribution is -0.148. The van der Waals surface area contributed by atoms with Crippen LogP contribution in [-0.2, 0) is 10.2 Å². The first kappa shape index (κ1) is 16.1. The van der Waals surface area contributed by atoms with Crippen molar-refractivity contribution in [2.24, 2.45) is 17.3 Å². The molecule has 0 radical (unpaired) electrons. The fourth-order valence-electron chi connectivity index (χ4n) is 7.21.